The molecule has 0 saturated carbocycles. The second kappa shape index (κ2) is 6.13. The van der Waals surface area contributed by atoms with E-state index >= 15 is 0 Å². The van der Waals surface area contributed by atoms with Crippen molar-refractivity contribution >= 4 is 27.0 Å². The lowest BCUT2D eigenvalue weighted by molar-refractivity contribution is -0.110. The molecule has 0 bridgehead atoms. The van der Waals surface area contributed by atoms with Gasteiger partial charge >= 0.3 is 0 Å². The van der Waals surface area contributed by atoms with E-state index in [4.69, 9.17) is 0 Å². The van der Waals surface area contributed by atoms with Gasteiger partial charge < -0.3 is 4.79 Å². The van der Waals surface area contributed by atoms with Crippen LogP contribution in [0.1, 0.15) is 12.5 Å². The van der Waals surface area contributed by atoms with Crippen molar-refractivity contribution < 1.29 is 13.2 Å². The number of aldehydes is 1. The molecule has 1 aromatic heterocycles. The summed E-state index contributed by atoms with van der Waals surface area (Å²) >= 11 is 0. The van der Waals surface area contributed by atoms with Crippen LogP contribution in [-0.4, -0.2) is 31.2 Å². The van der Waals surface area contributed by atoms with Crippen molar-refractivity contribution in [2.75, 3.05) is 11.5 Å². The van der Waals surface area contributed by atoms with Gasteiger partial charge in [0.05, 0.1) is 11.3 Å². The molecule has 0 saturated heterocycles. The number of carbonyl (C=O) groups excluding carboxylic acids is 1. The van der Waals surface area contributed by atoms with Crippen LogP contribution in [0.2, 0.25) is 0 Å². The number of fused-ring (bicyclic) bond motifs is 1. The Morgan fingerprint density at radius 3 is 2.70 bits per heavy atom. The minimum atomic E-state index is -3.16. The van der Waals surface area contributed by atoms with Gasteiger partial charge in [-0.25, -0.2) is 8.42 Å². The van der Waals surface area contributed by atoms with E-state index in [2.05, 4.69) is 4.98 Å². The lowest BCUT2D eigenvalue weighted by Gasteiger charge is -2.11. The number of rotatable bonds is 6. The van der Waals surface area contributed by atoms with Gasteiger partial charge in [0, 0.05) is 23.3 Å². The molecule has 0 aliphatic heterocycles. The molecule has 5 heteroatoms. The molecule has 1 atom stereocenters. The number of hydrogen-bond donors (Lipinski definition) is 0. The van der Waals surface area contributed by atoms with E-state index in [0.29, 0.717) is 6.42 Å². The summed E-state index contributed by atoms with van der Waals surface area (Å²) in [5, 5.41) is 0.994. The number of pyridine rings is 1. The van der Waals surface area contributed by atoms with Crippen LogP contribution in [0.25, 0.3) is 10.9 Å². The average molecular weight is 291 g/mol. The Hall–Kier alpha value is -1.75. The van der Waals surface area contributed by atoms with Gasteiger partial charge in [-0.15, -0.1) is 0 Å². The SMILES string of the molecule is CCS(=O)(=O)CC(C=O)Cc1cccc2cccnc12. The van der Waals surface area contributed by atoms with Gasteiger partial charge in [0.2, 0.25) is 0 Å². The van der Waals surface area contributed by atoms with Crippen LogP contribution >= 0.6 is 0 Å². The standard InChI is InChI=1S/C15H17NO3S/c1-2-20(18,19)11-12(10-17)9-14-6-3-5-13-7-4-8-16-15(13)14/h3-8,10,12H,2,9,11H2,1H3. The Kier molecular flexibility index (Phi) is 4.49. The molecule has 0 spiro atoms. The summed E-state index contributed by atoms with van der Waals surface area (Å²) in [6.45, 7) is 1.59. The fourth-order valence-electron chi connectivity index (χ4n) is 2.20. The van der Waals surface area contributed by atoms with E-state index < -0.39 is 15.8 Å². The number of carbonyl (C=O) groups is 1. The molecule has 0 N–H and O–H groups in total. The first-order valence-electron chi connectivity index (χ1n) is 6.54. The molecule has 4 nitrogen and oxygen atoms in total. The van der Waals surface area contributed by atoms with E-state index in [1.165, 1.54) is 0 Å². The van der Waals surface area contributed by atoms with Crippen molar-refractivity contribution in [1.29, 1.82) is 0 Å². The van der Waals surface area contributed by atoms with Gasteiger partial charge in [0.15, 0.2) is 9.84 Å². The maximum absolute atomic E-state index is 11.6. The molecule has 0 aliphatic rings. The zero-order chi connectivity index (χ0) is 14.6. The number of nitrogens with zero attached hydrogens (tertiary/aromatic N) is 1. The molecular weight excluding hydrogens is 274 g/mol. The number of aromatic nitrogens is 1. The van der Waals surface area contributed by atoms with Gasteiger partial charge in [0.25, 0.3) is 0 Å². The third-order valence-corrected chi connectivity index (χ3v) is 5.11. The van der Waals surface area contributed by atoms with Crippen LogP contribution in [-0.2, 0) is 21.1 Å². The average Bonchev–Trinajstić information content (AvgIpc) is 2.46. The molecular formula is C15H17NO3S. The van der Waals surface area contributed by atoms with Crippen LogP contribution < -0.4 is 0 Å². The molecule has 0 aliphatic carbocycles. The molecule has 20 heavy (non-hydrogen) atoms. The summed E-state index contributed by atoms with van der Waals surface area (Å²) in [7, 11) is -3.16. The summed E-state index contributed by atoms with van der Waals surface area (Å²) in [5.74, 6) is -0.561. The van der Waals surface area contributed by atoms with Crippen molar-refractivity contribution in [3.63, 3.8) is 0 Å². The molecule has 1 heterocycles. The van der Waals surface area contributed by atoms with Crippen LogP contribution in [0.4, 0.5) is 0 Å². The maximum atomic E-state index is 11.6. The number of hydrogen-bond acceptors (Lipinski definition) is 4. The van der Waals surface area contributed by atoms with Crippen molar-refractivity contribution in [2.24, 2.45) is 5.92 Å². The largest absolute Gasteiger partial charge is 0.303 e. The first-order valence-corrected chi connectivity index (χ1v) is 8.36. The smallest absolute Gasteiger partial charge is 0.150 e. The van der Waals surface area contributed by atoms with E-state index in [-0.39, 0.29) is 11.5 Å². The third-order valence-electron chi connectivity index (χ3n) is 3.30. The van der Waals surface area contributed by atoms with Crippen molar-refractivity contribution in [3.8, 4) is 0 Å². The van der Waals surface area contributed by atoms with Gasteiger partial charge in [0.1, 0.15) is 6.29 Å². The number of benzene rings is 1. The molecule has 106 valence electrons. The van der Waals surface area contributed by atoms with E-state index in [1.54, 1.807) is 13.1 Å². The number of para-hydroxylation sites is 1. The first kappa shape index (κ1) is 14.7. The molecule has 0 amide bonds. The highest BCUT2D eigenvalue weighted by atomic mass is 32.2. The summed E-state index contributed by atoms with van der Waals surface area (Å²) < 4.78 is 23.3. The monoisotopic (exact) mass is 291 g/mol. The van der Waals surface area contributed by atoms with E-state index in [9.17, 15) is 13.2 Å². The summed E-state index contributed by atoms with van der Waals surface area (Å²) in [6.07, 6.45) is 2.83. The van der Waals surface area contributed by atoms with Crippen molar-refractivity contribution in [2.45, 2.75) is 13.3 Å². The zero-order valence-electron chi connectivity index (χ0n) is 11.3. The summed E-state index contributed by atoms with van der Waals surface area (Å²) in [4.78, 5) is 15.5. The highest BCUT2D eigenvalue weighted by Crippen LogP contribution is 2.19. The normalized spacial score (nSPS) is 13.2. The Morgan fingerprint density at radius 1 is 1.25 bits per heavy atom. The first-order chi connectivity index (χ1) is 9.55. The minimum Gasteiger partial charge on any atom is -0.303 e. The maximum Gasteiger partial charge on any atom is 0.150 e. The Labute approximate surface area is 118 Å². The quantitative estimate of drug-likeness (QED) is 0.764. The number of sulfone groups is 1. The van der Waals surface area contributed by atoms with Gasteiger partial charge in [-0.3, -0.25) is 4.98 Å². The topological polar surface area (TPSA) is 64.1 Å². The lowest BCUT2D eigenvalue weighted by atomic mass is 10.00. The predicted octanol–water partition coefficient (Wildman–Crippen LogP) is 2.03. The Balaban J connectivity index is 2.28. The van der Waals surface area contributed by atoms with E-state index in [0.717, 1.165) is 22.8 Å². The van der Waals surface area contributed by atoms with Gasteiger partial charge in [-0.1, -0.05) is 31.2 Å². The fourth-order valence-corrected chi connectivity index (χ4v) is 3.29. The highest BCUT2D eigenvalue weighted by molar-refractivity contribution is 7.91. The Morgan fingerprint density at radius 2 is 2.00 bits per heavy atom. The third kappa shape index (κ3) is 3.42. The fraction of sp³-hybridized carbons (Fsp3) is 0.333. The minimum absolute atomic E-state index is 0.0606. The summed E-state index contributed by atoms with van der Waals surface area (Å²) in [5.41, 5.74) is 1.74. The summed E-state index contributed by atoms with van der Waals surface area (Å²) in [6, 6.07) is 9.54. The molecule has 0 fully saturated rings. The van der Waals surface area contributed by atoms with Gasteiger partial charge in [-0.2, -0.15) is 0 Å². The van der Waals surface area contributed by atoms with Crippen molar-refractivity contribution in [1.82, 2.24) is 4.98 Å². The van der Waals surface area contributed by atoms with Crippen molar-refractivity contribution in [3.05, 3.63) is 42.1 Å². The van der Waals surface area contributed by atoms with Crippen LogP contribution in [0, 0.1) is 5.92 Å². The lowest BCUT2D eigenvalue weighted by Crippen LogP contribution is -2.21. The highest BCUT2D eigenvalue weighted by Gasteiger charge is 2.18. The Bertz CT molecular complexity index is 705. The molecule has 1 aromatic carbocycles. The molecule has 1 unspecified atom stereocenters. The van der Waals surface area contributed by atoms with E-state index in [1.807, 2.05) is 30.3 Å². The van der Waals surface area contributed by atoms with Crippen LogP contribution in [0.3, 0.4) is 0 Å². The van der Waals surface area contributed by atoms with Crippen LogP contribution in [0.15, 0.2) is 36.5 Å². The predicted molar refractivity (Wildman–Crippen MR) is 79.3 cm³/mol. The molecule has 2 rings (SSSR count). The molecule has 0 radical (unpaired) electrons. The molecule has 2 aromatic rings. The second-order valence-corrected chi connectivity index (χ2v) is 7.19. The van der Waals surface area contributed by atoms with Gasteiger partial charge in [-0.05, 0) is 18.1 Å². The van der Waals surface area contributed by atoms with Crippen LogP contribution in [0.5, 0.6) is 0 Å². The second-order valence-electron chi connectivity index (χ2n) is 4.79. The zero-order valence-corrected chi connectivity index (χ0v) is 12.1.